The van der Waals surface area contributed by atoms with Gasteiger partial charge in [-0.15, -0.1) is 0 Å². The molecule has 3 aromatic carbocycles. The Kier molecular flexibility index (Phi) is 7.61. The number of benzene rings is 3. The molecule has 11 heteroatoms. The maximum atomic E-state index is 14.0. The topological polar surface area (TPSA) is 111 Å². The highest BCUT2D eigenvalue weighted by Crippen LogP contribution is 2.56. The van der Waals surface area contributed by atoms with Gasteiger partial charge in [-0.25, -0.2) is 23.2 Å². The third-order valence-electron chi connectivity index (χ3n) is 7.53. The monoisotopic (exact) mass is 604 g/mol. The minimum absolute atomic E-state index is 0.0480. The molecule has 0 unspecified atom stereocenters. The summed E-state index contributed by atoms with van der Waals surface area (Å²) in [6.45, 7) is 3.75. The molecule has 0 bridgehead atoms. The Labute approximate surface area is 249 Å². The van der Waals surface area contributed by atoms with Crippen LogP contribution in [0.4, 0.5) is 16.3 Å². The number of amides is 1. The number of anilines is 2. The number of aromatic nitrogens is 2. The Balaban J connectivity index is 1.34. The fourth-order valence-corrected chi connectivity index (χ4v) is 7.57. The molecule has 1 atom stereocenters. The van der Waals surface area contributed by atoms with Gasteiger partial charge in [0.15, 0.2) is 15.7 Å². The van der Waals surface area contributed by atoms with Gasteiger partial charge in [-0.05, 0) is 68.3 Å². The maximum absolute atomic E-state index is 14.0. The van der Waals surface area contributed by atoms with Gasteiger partial charge in [0.2, 0.25) is 0 Å². The molecule has 1 aliphatic heterocycles. The number of nitrogens with one attached hydrogen (secondary N) is 1. The van der Waals surface area contributed by atoms with E-state index in [0.717, 1.165) is 0 Å². The summed E-state index contributed by atoms with van der Waals surface area (Å²) in [7, 11) is -3.84. The van der Waals surface area contributed by atoms with Crippen LogP contribution in [-0.4, -0.2) is 50.3 Å². The second-order valence-corrected chi connectivity index (χ2v) is 13.0. The fourth-order valence-electron chi connectivity index (χ4n) is 5.10. The molecule has 1 N–H and O–H groups in total. The smallest absolute Gasteiger partial charge is 0.410 e. The Morgan fingerprint density at radius 2 is 1.74 bits per heavy atom. The van der Waals surface area contributed by atoms with E-state index in [4.69, 9.17) is 31.0 Å². The molecular formula is C31H29ClN4O5S. The molecule has 4 aromatic rings. The first kappa shape index (κ1) is 28.1. The molecule has 1 saturated heterocycles. The van der Waals surface area contributed by atoms with Gasteiger partial charge in [0.1, 0.15) is 16.3 Å². The lowest BCUT2D eigenvalue weighted by Crippen LogP contribution is -2.44. The highest BCUT2D eigenvalue weighted by molar-refractivity contribution is 7.92. The van der Waals surface area contributed by atoms with E-state index in [-0.39, 0.29) is 16.0 Å². The van der Waals surface area contributed by atoms with E-state index in [1.807, 2.05) is 13.0 Å². The van der Waals surface area contributed by atoms with E-state index < -0.39 is 20.7 Å². The van der Waals surface area contributed by atoms with Gasteiger partial charge < -0.3 is 14.4 Å². The first-order valence-corrected chi connectivity index (χ1v) is 15.5. The average molecular weight is 605 g/mol. The molecule has 1 saturated carbocycles. The second kappa shape index (κ2) is 11.4. The molecule has 2 heterocycles. The molecule has 9 nitrogen and oxygen atoms in total. The Morgan fingerprint density at radius 3 is 2.43 bits per heavy atom. The number of nitrogens with zero attached hydrogens (tertiary/aromatic N) is 3. The van der Waals surface area contributed by atoms with Gasteiger partial charge >= 0.3 is 6.09 Å². The molecular weight excluding hydrogens is 576 g/mol. The van der Waals surface area contributed by atoms with Crippen molar-refractivity contribution in [1.29, 1.82) is 0 Å². The van der Waals surface area contributed by atoms with E-state index >= 15 is 0 Å². The summed E-state index contributed by atoms with van der Waals surface area (Å²) in [6.07, 6.45) is 0.249. The predicted octanol–water partition coefficient (Wildman–Crippen LogP) is 6.10. The van der Waals surface area contributed by atoms with Crippen molar-refractivity contribution >= 4 is 39.0 Å². The number of sulfone groups is 1. The van der Waals surface area contributed by atoms with Gasteiger partial charge in [-0.2, -0.15) is 0 Å². The fraction of sp³-hybridized carbons (Fsp3) is 0.258. The summed E-state index contributed by atoms with van der Waals surface area (Å²) in [5, 5.41) is 2.90. The SMILES string of the molecule is C[C@H]1COCCN1c1cc(C2(S(=O)(=O)c3ccccc3Cl)CC2)nc(-c2ccc(NC(=O)Oc3ccccc3)cc2)n1. The molecule has 1 amide bonds. The minimum atomic E-state index is -3.84. The number of carbonyl (C=O) groups excluding carboxylic acids is 1. The molecule has 6 rings (SSSR count). The third kappa shape index (κ3) is 5.45. The van der Waals surface area contributed by atoms with Crippen molar-refractivity contribution in [1.82, 2.24) is 9.97 Å². The van der Waals surface area contributed by atoms with Crippen LogP contribution in [0.1, 0.15) is 25.5 Å². The summed E-state index contributed by atoms with van der Waals surface area (Å²) in [5.74, 6) is 1.46. The first-order chi connectivity index (χ1) is 20.3. The largest absolute Gasteiger partial charge is 0.417 e. The molecule has 216 valence electrons. The summed E-state index contributed by atoms with van der Waals surface area (Å²) in [5.41, 5.74) is 1.64. The van der Waals surface area contributed by atoms with Gasteiger partial charge in [0.05, 0.1) is 34.9 Å². The highest BCUT2D eigenvalue weighted by atomic mass is 35.5. The van der Waals surface area contributed by atoms with Crippen molar-refractivity contribution in [3.63, 3.8) is 0 Å². The number of morpholine rings is 1. The van der Waals surface area contributed by atoms with Crippen LogP contribution in [-0.2, 0) is 19.3 Å². The zero-order chi connectivity index (χ0) is 29.3. The molecule has 1 aliphatic carbocycles. The lowest BCUT2D eigenvalue weighted by atomic mass is 10.1. The van der Waals surface area contributed by atoms with Crippen molar-refractivity contribution in [3.8, 4) is 17.1 Å². The lowest BCUT2D eigenvalue weighted by molar-refractivity contribution is 0.0985. The van der Waals surface area contributed by atoms with Crippen molar-refractivity contribution < 1.29 is 22.7 Å². The molecule has 42 heavy (non-hydrogen) atoms. The Bertz CT molecular complexity index is 1710. The summed E-state index contributed by atoms with van der Waals surface area (Å²) in [6, 6.07) is 24.2. The number of hydrogen-bond acceptors (Lipinski definition) is 8. The normalized spacial score (nSPS) is 17.9. The van der Waals surface area contributed by atoms with Crippen LogP contribution in [0.3, 0.4) is 0 Å². The van der Waals surface area contributed by atoms with Crippen molar-refractivity contribution in [2.75, 3.05) is 30.0 Å². The summed E-state index contributed by atoms with van der Waals surface area (Å²) >= 11 is 6.35. The van der Waals surface area contributed by atoms with Crippen LogP contribution in [0.15, 0.2) is 89.8 Å². The van der Waals surface area contributed by atoms with E-state index in [1.165, 1.54) is 0 Å². The van der Waals surface area contributed by atoms with Gasteiger partial charge in [0, 0.05) is 23.9 Å². The summed E-state index contributed by atoms with van der Waals surface area (Å²) < 4.78 is 37.7. The van der Waals surface area contributed by atoms with Gasteiger partial charge in [0.25, 0.3) is 0 Å². The zero-order valence-electron chi connectivity index (χ0n) is 22.9. The van der Waals surface area contributed by atoms with E-state index in [0.29, 0.717) is 66.9 Å². The van der Waals surface area contributed by atoms with Crippen LogP contribution in [0.25, 0.3) is 11.4 Å². The molecule has 0 spiro atoms. The van der Waals surface area contributed by atoms with Crippen molar-refractivity contribution in [2.24, 2.45) is 0 Å². The van der Waals surface area contributed by atoms with Gasteiger partial charge in [-0.3, -0.25) is 5.32 Å². The summed E-state index contributed by atoms with van der Waals surface area (Å²) in [4.78, 5) is 24.2. The molecule has 2 fully saturated rings. The average Bonchev–Trinajstić information content (AvgIpc) is 3.81. The molecule has 2 aliphatic rings. The van der Waals surface area contributed by atoms with E-state index in [9.17, 15) is 13.2 Å². The second-order valence-electron chi connectivity index (χ2n) is 10.4. The number of carbonyl (C=O) groups is 1. The van der Waals surface area contributed by atoms with Crippen LogP contribution in [0, 0.1) is 0 Å². The first-order valence-electron chi connectivity index (χ1n) is 13.6. The Hall–Kier alpha value is -3.99. The predicted molar refractivity (Wildman–Crippen MR) is 161 cm³/mol. The number of ether oxygens (including phenoxy) is 2. The maximum Gasteiger partial charge on any atom is 0.417 e. The van der Waals surface area contributed by atoms with Crippen LogP contribution < -0.4 is 15.0 Å². The quantitative estimate of drug-likeness (QED) is 0.270. The Morgan fingerprint density at radius 1 is 1.02 bits per heavy atom. The van der Waals surface area contributed by atoms with E-state index in [2.05, 4.69) is 10.2 Å². The standard InChI is InChI=1S/C31H29ClN4O5S/c1-21-20-40-18-17-36(21)28-19-27(31(15-16-31)42(38,39)26-10-6-5-9-25(26)32)34-29(35-28)22-11-13-23(14-12-22)33-30(37)41-24-7-3-2-4-8-24/h2-14,19,21H,15-18,20H2,1H3,(H,33,37)/t21-/m0/s1. The third-order valence-corrected chi connectivity index (χ3v) is 10.6. The van der Waals surface area contributed by atoms with Crippen LogP contribution >= 0.6 is 11.6 Å². The van der Waals surface area contributed by atoms with Crippen molar-refractivity contribution in [3.05, 3.63) is 95.6 Å². The van der Waals surface area contributed by atoms with Gasteiger partial charge in [-0.1, -0.05) is 41.9 Å². The number of rotatable bonds is 7. The number of hydrogen-bond donors (Lipinski definition) is 1. The number of para-hydroxylation sites is 1. The van der Waals surface area contributed by atoms with Crippen LogP contribution in [0.2, 0.25) is 5.02 Å². The zero-order valence-corrected chi connectivity index (χ0v) is 24.4. The number of halogens is 1. The van der Waals surface area contributed by atoms with Crippen molar-refractivity contribution in [2.45, 2.75) is 35.4 Å². The van der Waals surface area contributed by atoms with E-state index in [1.54, 1.807) is 78.9 Å². The molecule has 1 aromatic heterocycles. The lowest BCUT2D eigenvalue weighted by Gasteiger charge is -2.34. The van der Waals surface area contributed by atoms with Crippen LogP contribution in [0.5, 0.6) is 5.75 Å². The highest BCUT2D eigenvalue weighted by Gasteiger charge is 2.58. The molecule has 0 radical (unpaired) electrons. The minimum Gasteiger partial charge on any atom is -0.410 e.